The van der Waals surface area contributed by atoms with Gasteiger partial charge in [-0.15, -0.1) is 11.3 Å². The summed E-state index contributed by atoms with van der Waals surface area (Å²) in [4.78, 5) is 16.3. The van der Waals surface area contributed by atoms with E-state index in [1.807, 2.05) is 12.4 Å². The molecule has 0 atom stereocenters. The van der Waals surface area contributed by atoms with E-state index in [2.05, 4.69) is 10.3 Å². The lowest BCUT2D eigenvalue weighted by molar-refractivity contribution is -0.142. The Bertz CT molecular complexity index is 384. The molecule has 0 radical (unpaired) electrons. The molecule has 0 aromatic carbocycles. The Hall–Kier alpha value is -0.940. The maximum Gasteiger partial charge on any atom is 0.306 e. The van der Waals surface area contributed by atoms with Gasteiger partial charge < -0.3 is 10.4 Å². The first-order chi connectivity index (χ1) is 8.16. The third kappa shape index (κ3) is 3.26. The predicted octanol–water partition coefficient (Wildman–Crippen LogP) is 2.18. The second-order valence-corrected chi connectivity index (χ2v) is 5.57. The van der Waals surface area contributed by atoms with E-state index in [1.165, 1.54) is 4.88 Å². The standard InChI is InChI=1S/C12H18N2O2S/c1-8-11(17-7-14-8)6-13-10-4-2-9(3-5-10)12(15)16/h7,9-10,13H,2-6H2,1H3,(H,15,16). The number of carbonyl (C=O) groups is 1. The van der Waals surface area contributed by atoms with Crippen LogP contribution in [0.25, 0.3) is 0 Å². The van der Waals surface area contributed by atoms with Gasteiger partial charge in [-0.25, -0.2) is 4.98 Å². The van der Waals surface area contributed by atoms with Crippen molar-refractivity contribution in [2.45, 2.75) is 45.2 Å². The van der Waals surface area contributed by atoms with Crippen LogP contribution in [0.1, 0.15) is 36.3 Å². The van der Waals surface area contributed by atoms with Gasteiger partial charge >= 0.3 is 5.97 Å². The van der Waals surface area contributed by atoms with E-state index < -0.39 is 5.97 Å². The fourth-order valence-corrected chi connectivity index (χ4v) is 3.01. The highest BCUT2D eigenvalue weighted by Crippen LogP contribution is 2.25. The number of aliphatic carboxylic acids is 1. The average Bonchev–Trinajstić information content (AvgIpc) is 2.73. The molecule has 1 heterocycles. The molecule has 1 aliphatic rings. The number of aryl methyl sites for hydroxylation is 1. The second-order valence-electron chi connectivity index (χ2n) is 4.63. The summed E-state index contributed by atoms with van der Waals surface area (Å²) in [5, 5.41) is 12.4. The van der Waals surface area contributed by atoms with Crippen LogP contribution < -0.4 is 5.32 Å². The Labute approximate surface area is 105 Å². The molecule has 2 N–H and O–H groups in total. The molecule has 0 unspecified atom stereocenters. The van der Waals surface area contributed by atoms with Gasteiger partial charge in [0.05, 0.1) is 17.1 Å². The summed E-state index contributed by atoms with van der Waals surface area (Å²) in [6.07, 6.45) is 3.53. The minimum Gasteiger partial charge on any atom is -0.481 e. The van der Waals surface area contributed by atoms with Crippen molar-refractivity contribution in [2.24, 2.45) is 5.92 Å². The maximum atomic E-state index is 10.8. The van der Waals surface area contributed by atoms with E-state index >= 15 is 0 Å². The lowest BCUT2D eigenvalue weighted by Crippen LogP contribution is -2.34. The van der Waals surface area contributed by atoms with Crippen LogP contribution in [0, 0.1) is 12.8 Å². The molecule has 1 fully saturated rings. The van der Waals surface area contributed by atoms with Crippen molar-refractivity contribution >= 4 is 17.3 Å². The van der Waals surface area contributed by atoms with E-state index in [0.29, 0.717) is 6.04 Å². The Morgan fingerprint density at radius 2 is 2.24 bits per heavy atom. The van der Waals surface area contributed by atoms with Gasteiger partial charge in [0.15, 0.2) is 0 Å². The molecule has 0 amide bonds. The van der Waals surface area contributed by atoms with Crippen molar-refractivity contribution in [3.8, 4) is 0 Å². The van der Waals surface area contributed by atoms with Crippen LogP contribution >= 0.6 is 11.3 Å². The number of aromatic nitrogens is 1. The molecule has 1 aromatic heterocycles. The highest BCUT2D eigenvalue weighted by molar-refractivity contribution is 7.09. The zero-order valence-electron chi connectivity index (χ0n) is 9.98. The number of rotatable bonds is 4. The third-order valence-electron chi connectivity index (χ3n) is 3.47. The number of thiazole rings is 1. The number of carboxylic acid groups (broad SMARTS) is 1. The van der Waals surface area contributed by atoms with Crippen LogP contribution in [0.3, 0.4) is 0 Å². The minimum absolute atomic E-state index is 0.127. The number of nitrogens with one attached hydrogen (secondary N) is 1. The summed E-state index contributed by atoms with van der Waals surface area (Å²) < 4.78 is 0. The minimum atomic E-state index is -0.637. The molecule has 17 heavy (non-hydrogen) atoms. The number of carboxylic acids is 1. The Kier molecular flexibility index (Phi) is 4.12. The molecule has 0 bridgehead atoms. The molecular weight excluding hydrogens is 236 g/mol. The molecule has 2 rings (SSSR count). The number of hydrogen-bond acceptors (Lipinski definition) is 4. The van der Waals surface area contributed by atoms with Crippen molar-refractivity contribution in [2.75, 3.05) is 0 Å². The first kappa shape index (κ1) is 12.5. The van der Waals surface area contributed by atoms with Crippen molar-refractivity contribution in [1.82, 2.24) is 10.3 Å². The highest BCUT2D eigenvalue weighted by Gasteiger charge is 2.25. The largest absolute Gasteiger partial charge is 0.481 e. The van der Waals surface area contributed by atoms with Crippen LogP contribution in [0.4, 0.5) is 0 Å². The van der Waals surface area contributed by atoms with Gasteiger partial charge in [-0.05, 0) is 32.6 Å². The van der Waals surface area contributed by atoms with Crippen LogP contribution in [0.5, 0.6) is 0 Å². The van der Waals surface area contributed by atoms with Crippen molar-refractivity contribution in [1.29, 1.82) is 0 Å². The highest BCUT2D eigenvalue weighted by atomic mass is 32.1. The normalized spacial score (nSPS) is 24.8. The van der Waals surface area contributed by atoms with Crippen LogP contribution in [-0.4, -0.2) is 22.1 Å². The quantitative estimate of drug-likeness (QED) is 0.864. The topological polar surface area (TPSA) is 62.2 Å². The Morgan fingerprint density at radius 3 is 2.76 bits per heavy atom. The summed E-state index contributed by atoms with van der Waals surface area (Å²) in [6.45, 7) is 2.88. The van der Waals surface area contributed by atoms with Gasteiger partial charge in [-0.2, -0.15) is 0 Å². The summed E-state index contributed by atoms with van der Waals surface area (Å²) in [5.41, 5.74) is 2.97. The summed E-state index contributed by atoms with van der Waals surface area (Å²) in [6, 6.07) is 0.465. The summed E-state index contributed by atoms with van der Waals surface area (Å²) in [7, 11) is 0. The van der Waals surface area contributed by atoms with Gasteiger partial charge in [-0.1, -0.05) is 0 Å². The fourth-order valence-electron chi connectivity index (χ4n) is 2.28. The smallest absolute Gasteiger partial charge is 0.306 e. The van der Waals surface area contributed by atoms with Gasteiger partial charge in [0.1, 0.15) is 0 Å². The monoisotopic (exact) mass is 254 g/mol. The van der Waals surface area contributed by atoms with Gasteiger partial charge in [0.25, 0.3) is 0 Å². The zero-order chi connectivity index (χ0) is 12.3. The molecule has 5 heteroatoms. The SMILES string of the molecule is Cc1ncsc1CNC1CCC(C(=O)O)CC1. The lowest BCUT2D eigenvalue weighted by atomic mass is 9.86. The second kappa shape index (κ2) is 5.60. The molecule has 0 spiro atoms. The Balaban J connectivity index is 1.75. The van der Waals surface area contributed by atoms with E-state index in [4.69, 9.17) is 5.11 Å². The van der Waals surface area contributed by atoms with E-state index in [-0.39, 0.29) is 5.92 Å². The van der Waals surface area contributed by atoms with Crippen molar-refractivity contribution in [3.63, 3.8) is 0 Å². The van der Waals surface area contributed by atoms with Gasteiger partial charge in [0, 0.05) is 17.5 Å². The molecule has 1 aliphatic carbocycles. The molecule has 1 aromatic rings. The van der Waals surface area contributed by atoms with Crippen molar-refractivity contribution < 1.29 is 9.90 Å². The average molecular weight is 254 g/mol. The zero-order valence-corrected chi connectivity index (χ0v) is 10.8. The molecule has 0 aliphatic heterocycles. The van der Waals surface area contributed by atoms with Crippen molar-refractivity contribution in [3.05, 3.63) is 16.1 Å². The van der Waals surface area contributed by atoms with E-state index in [1.54, 1.807) is 11.3 Å². The van der Waals surface area contributed by atoms with Crippen LogP contribution in [-0.2, 0) is 11.3 Å². The predicted molar refractivity (Wildman–Crippen MR) is 67.1 cm³/mol. The fraction of sp³-hybridized carbons (Fsp3) is 0.667. The first-order valence-corrected chi connectivity index (χ1v) is 6.90. The molecule has 0 saturated heterocycles. The Morgan fingerprint density at radius 1 is 1.53 bits per heavy atom. The molecular formula is C12H18N2O2S. The van der Waals surface area contributed by atoms with E-state index in [0.717, 1.165) is 37.9 Å². The van der Waals surface area contributed by atoms with Crippen LogP contribution in [0.15, 0.2) is 5.51 Å². The third-order valence-corrected chi connectivity index (χ3v) is 4.41. The molecule has 4 nitrogen and oxygen atoms in total. The summed E-state index contributed by atoms with van der Waals surface area (Å²) in [5.74, 6) is -0.764. The van der Waals surface area contributed by atoms with Gasteiger partial charge in [0.2, 0.25) is 0 Å². The van der Waals surface area contributed by atoms with Crippen LogP contribution in [0.2, 0.25) is 0 Å². The first-order valence-electron chi connectivity index (χ1n) is 6.02. The number of nitrogens with zero attached hydrogens (tertiary/aromatic N) is 1. The van der Waals surface area contributed by atoms with Gasteiger partial charge in [-0.3, -0.25) is 4.79 Å². The number of hydrogen-bond donors (Lipinski definition) is 2. The summed E-state index contributed by atoms with van der Waals surface area (Å²) >= 11 is 1.68. The van der Waals surface area contributed by atoms with E-state index in [9.17, 15) is 4.79 Å². The molecule has 94 valence electrons. The molecule has 1 saturated carbocycles. The maximum absolute atomic E-state index is 10.8. The lowest BCUT2D eigenvalue weighted by Gasteiger charge is -2.26.